The third-order valence-corrected chi connectivity index (χ3v) is 3.91. The molecule has 0 amide bonds. The summed E-state index contributed by atoms with van der Waals surface area (Å²) < 4.78 is 0. The molecule has 0 bridgehead atoms. The van der Waals surface area contributed by atoms with Gasteiger partial charge in [-0.1, -0.05) is 48.5 Å². The Morgan fingerprint density at radius 3 is 2.17 bits per heavy atom. The van der Waals surface area contributed by atoms with Crippen LogP contribution in [0.3, 0.4) is 0 Å². The van der Waals surface area contributed by atoms with Crippen molar-refractivity contribution in [3.8, 4) is 0 Å². The molecule has 0 aliphatic rings. The number of nitrogens with one attached hydrogen (secondary N) is 2. The molecule has 24 heavy (non-hydrogen) atoms. The van der Waals surface area contributed by atoms with Crippen molar-refractivity contribution in [2.75, 3.05) is 21.1 Å². The topological polar surface area (TPSA) is 39.7 Å². The molecule has 0 saturated heterocycles. The molecule has 0 fully saturated rings. The summed E-state index contributed by atoms with van der Waals surface area (Å²) in [6.07, 6.45) is 0. The first-order valence-electron chi connectivity index (χ1n) is 8.30. The minimum atomic E-state index is 0.760. The van der Waals surface area contributed by atoms with Crippen LogP contribution in [-0.2, 0) is 19.6 Å². The van der Waals surface area contributed by atoms with Gasteiger partial charge in [-0.3, -0.25) is 4.99 Å². The lowest BCUT2D eigenvalue weighted by atomic mass is 10.1. The number of aryl methyl sites for hydroxylation is 1. The van der Waals surface area contributed by atoms with Crippen LogP contribution in [0.4, 0.5) is 0 Å². The van der Waals surface area contributed by atoms with E-state index in [-0.39, 0.29) is 0 Å². The maximum atomic E-state index is 4.29. The third kappa shape index (κ3) is 5.70. The van der Waals surface area contributed by atoms with E-state index in [9.17, 15) is 0 Å². The Hall–Kier alpha value is -2.33. The Labute approximate surface area is 145 Å². The molecule has 0 saturated carbocycles. The maximum Gasteiger partial charge on any atom is 0.191 e. The van der Waals surface area contributed by atoms with Gasteiger partial charge >= 0.3 is 0 Å². The lowest BCUT2D eigenvalue weighted by Crippen LogP contribution is -2.36. The fourth-order valence-corrected chi connectivity index (χ4v) is 2.52. The molecule has 0 aromatic heterocycles. The second-order valence-electron chi connectivity index (χ2n) is 6.26. The first kappa shape index (κ1) is 18.0. The third-order valence-electron chi connectivity index (χ3n) is 3.91. The Kier molecular flexibility index (Phi) is 6.82. The monoisotopic (exact) mass is 324 g/mol. The molecule has 4 heteroatoms. The molecule has 2 N–H and O–H groups in total. The molecule has 0 unspecified atom stereocenters. The quantitative estimate of drug-likeness (QED) is 0.634. The van der Waals surface area contributed by atoms with E-state index < -0.39 is 0 Å². The molecule has 4 nitrogen and oxygen atoms in total. The van der Waals surface area contributed by atoms with E-state index in [0.29, 0.717) is 0 Å². The van der Waals surface area contributed by atoms with Gasteiger partial charge in [0.15, 0.2) is 5.96 Å². The van der Waals surface area contributed by atoms with Crippen molar-refractivity contribution in [2.45, 2.75) is 26.6 Å². The predicted octanol–water partition coefficient (Wildman–Crippen LogP) is 2.92. The highest BCUT2D eigenvalue weighted by Crippen LogP contribution is 2.07. The number of aliphatic imine (C=N–C) groups is 1. The molecule has 2 aromatic carbocycles. The van der Waals surface area contributed by atoms with Gasteiger partial charge in [0.1, 0.15) is 0 Å². The van der Waals surface area contributed by atoms with Crippen LogP contribution in [0.2, 0.25) is 0 Å². The van der Waals surface area contributed by atoms with Crippen molar-refractivity contribution in [1.82, 2.24) is 15.5 Å². The fraction of sp³-hybridized carbons (Fsp3) is 0.350. The van der Waals surface area contributed by atoms with Gasteiger partial charge in [0.05, 0.1) is 0 Å². The minimum Gasteiger partial charge on any atom is -0.352 e. The zero-order chi connectivity index (χ0) is 17.4. The first-order chi connectivity index (χ1) is 11.6. The second-order valence-corrected chi connectivity index (χ2v) is 6.26. The minimum absolute atomic E-state index is 0.760. The Bertz CT molecular complexity index is 660. The van der Waals surface area contributed by atoms with Gasteiger partial charge < -0.3 is 15.5 Å². The second kappa shape index (κ2) is 9.08. The molecular weight excluding hydrogens is 296 g/mol. The van der Waals surface area contributed by atoms with Gasteiger partial charge in [-0.05, 0) is 43.3 Å². The summed E-state index contributed by atoms with van der Waals surface area (Å²) in [5.41, 5.74) is 5.15. The van der Waals surface area contributed by atoms with Gasteiger partial charge in [-0.25, -0.2) is 0 Å². The van der Waals surface area contributed by atoms with E-state index in [1.807, 2.05) is 0 Å². The largest absolute Gasteiger partial charge is 0.352 e. The zero-order valence-corrected chi connectivity index (χ0v) is 15.1. The van der Waals surface area contributed by atoms with Crippen molar-refractivity contribution in [3.63, 3.8) is 0 Å². The summed E-state index contributed by atoms with van der Waals surface area (Å²) in [6, 6.07) is 17.1. The number of hydrogen-bond acceptors (Lipinski definition) is 2. The molecule has 0 atom stereocenters. The first-order valence-corrected chi connectivity index (χ1v) is 8.30. The highest BCUT2D eigenvalue weighted by atomic mass is 15.2. The van der Waals surface area contributed by atoms with E-state index in [1.54, 1.807) is 7.05 Å². The van der Waals surface area contributed by atoms with Gasteiger partial charge in [0.2, 0.25) is 0 Å². The van der Waals surface area contributed by atoms with Crippen LogP contribution in [-0.4, -0.2) is 32.0 Å². The summed E-state index contributed by atoms with van der Waals surface area (Å²) >= 11 is 0. The van der Waals surface area contributed by atoms with E-state index in [2.05, 4.69) is 90.1 Å². The predicted molar refractivity (Wildman–Crippen MR) is 102 cm³/mol. The molecular formula is C20H28N4. The molecule has 0 aliphatic heterocycles. The molecule has 0 spiro atoms. The van der Waals surface area contributed by atoms with Crippen LogP contribution >= 0.6 is 0 Å². The molecule has 0 radical (unpaired) electrons. The zero-order valence-electron chi connectivity index (χ0n) is 15.1. The molecule has 0 aliphatic carbocycles. The average molecular weight is 324 g/mol. The van der Waals surface area contributed by atoms with E-state index in [0.717, 1.165) is 25.6 Å². The molecule has 2 aromatic rings. The van der Waals surface area contributed by atoms with Crippen molar-refractivity contribution < 1.29 is 0 Å². The summed E-state index contributed by atoms with van der Waals surface area (Å²) in [4.78, 5) is 6.46. The molecule has 2 rings (SSSR count). The summed E-state index contributed by atoms with van der Waals surface area (Å²) in [5, 5.41) is 6.73. The average Bonchev–Trinajstić information content (AvgIpc) is 2.57. The van der Waals surface area contributed by atoms with Gasteiger partial charge in [0, 0.05) is 26.7 Å². The van der Waals surface area contributed by atoms with Crippen molar-refractivity contribution >= 4 is 5.96 Å². The number of rotatable bonds is 6. The number of guanidine groups is 1. The lowest BCUT2D eigenvalue weighted by molar-refractivity contribution is 0.402. The Morgan fingerprint density at radius 2 is 1.54 bits per heavy atom. The van der Waals surface area contributed by atoms with E-state index in [1.165, 1.54) is 22.3 Å². The summed E-state index contributed by atoms with van der Waals surface area (Å²) in [6.45, 7) is 4.62. The van der Waals surface area contributed by atoms with E-state index in [4.69, 9.17) is 0 Å². The highest BCUT2D eigenvalue weighted by Gasteiger charge is 2.01. The normalized spacial score (nSPS) is 11.6. The van der Waals surface area contributed by atoms with E-state index >= 15 is 0 Å². The van der Waals surface area contributed by atoms with Crippen molar-refractivity contribution in [3.05, 3.63) is 70.8 Å². The van der Waals surface area contributed by atoms with Gasteiger partial charge in [0.25, 0.3) is 0 Å². The van der Waals surface area contributed by atoms with Crippen LogP contribution in [0.15, 0.2) is 53.5 Å². The number of hydrogen-bond donors (Lipinski definition) is 2. The maximum absolute atomic E-state index is 4.29. The Balaban J connectivity index is 1.84. The van der Waals surface area contributed by atoms with Gasteiger partial charge in [-0.2, -0.15) is 0 Å². The smallest absolute Gasteiger partial charge is 0.191 e. The SMILES string of the molecule is CN=C(NCc1ccc(CN(C)C)cc1)NCc1ccccc1C. The molecule has 128 valence electrons. The summed E-state index contributed by atoms with van der Waals surface area (Å²) in [7, 11) is 5.96. The summed E-state index contributed by atoms with van der Waals surface area (Å²) in [5.74, 6) is 0.815. The van der Waals surface area contributed by atoms with Crippen LogP contribution in [0.25, 0.3) is 0 Å². The fourth-order valence-electron chi connectivity index (χ4n) is 2.52. The van der Waals surface area contributed by atoms with Crippen molar-refractivity contribution in [2.24, 2.45) is 4.99 Å². The highest BCUT2D eigenvalue weighted by molar-refractivity contribution is 5.79. The van der Waals surface area contributed by atoms with Crippen molar-refractivity contribution in [1.29, 1.82) is 0 Å². The number of nitrogens with zero attached hydrogens (tertiary/aromatic N) is 2. The van der Waals surface area contributed by atoms with Crippen LogP contribution < -0.4 is 10.6 Å². The van der Waals surface area contributed by atoms with Crippen LogP contribution in [0, 0.1) is 6.92 Å². The standard InChI is InChI=1S/C20H28N4/c1-16-7-5-6-8-19(16)14-23-20(21-2)22-13-17-9-11-18(12-10-17)15-24(3)4/h5-12H,13-15H2,1-4H3,(H2,21,22,23). The lowest BCUT2D eigenvalue weighted by Gasteiger charge is -2.14. The van der Waals surface area contributed by atoms with Crippen LogP contribution in [0.1, 0.15) is 22.3 Å². The van der Waals surface area contributed by atoms with Crippen LogP contribution in [0.5, 0.6) is 0 Å². The Morgan fingerprint density at radius 1 is 0.917 bits per heavy atom. The molecule has 0 heterocycles. The number of benzene rings is 2. The van der Waals surface area contributed by atoms with Gasteiger partial charge in [-0.15, -0.1) is 0 Å².